The van der Waals surface area contributed by atoms with Crippen LogP contribution in [0.2, 0.25) is 0 Å². The molecule has 26 heavy (non-hydrogen) atoms. The van der Waals surface area contributed by atoms with Gasteiger partial charge in [0.2, 0.25) is 5.91 Å². The van der Waals surface area contributed by atoms with E-state index in [1.165, 1.54) is 4.90 Å². The fourth-order valence-corrected chi connectivity index (χ4v) is 3.44. The third kappa shape index (κ3) is 2.75. The zero-order valence-electron chi connectivity index (χ0n) is 14.1. The van der Waals surface area contributed by atoms with Crippen molar-refractivity contribution in [2.45, 2.75) is 12.5 Å². The molecule has 4 nitrogen and oxygen atoms in total. The fourth-order valence-electron chi connectivity index (χ4n) is 3.44. The number of hydrogen-bond donors (Lipinski definition) is 1. The number of benzene rings is 3. The zero-order valence-corrected chi connectivity index (χ0v) is 14.1. The van der Waals surface area contributed by atoms with Crippen molar-refractivity contribution in [3.05, 3.63) is 90.0 Å². The lowest BCUT2D eigenvalue weighted by Crippen LogP contribution is -2.46. The van der Waals surface area contributed by atoms with Crippen molar-refractivity contribution in [1.29, 1.82) is 0 Å². The van der Waals surface area contributed by atoms with E-state index in [-0.39, 0.29) is 5.91 Å². The van der Waals surface area contributed by atoms with Gasteiger partial charge in [0.05, 0.1) is 0 Å². The topological polar surface area (TPSA) is 63.4 Å². The van der Waals surface area contributed by atoms with Crippen molar-refractivity contribution >= 4 is 17.5 Å². The summed E-state index contributed by atoms with van der Waals surface area (Å²) >= 11 is 0. The number of carbonyl (C=O) groups is 2. The largest absolute Gasteiger partial charge is 0.368 e. The van der Waals surface area contributed by atoms with Crippen LogP contribution in [0.25, 0.3) is 11.1 Å². The molecule has 3 aromatic carbocycles. The second-order valence-electron chi connectivity index (χ2n) is 6.37. The van der Waals surface area contributed by atoms with E-state index in [1.807, 2.05) is 66.7 Å². The number of anilines is 1. The first-order valence-electron chi connectivity index (χ1n) is 8.51. The molecule has 1 aliphatic rings. The fraction of sp³-hybridized carbons (Fsp3) is 0.0909. The van der Waals surface area contributed by atoms with Gasteiger partial charge in [-0.3, -0.25) is 14.5 Å². The summed E-state index contributed by atoms with van der Waals surface area (Å²) in [4.78, 5) is 26.5. The molecule has 2 N–H and O–H groups in total. The van der Waals surface area contributed by atoms with Crippen molar-refractivity contribution in [3.8, 4) is 11.1 Å². The maximum Gasteiger partial charge on any atom is 0.259 e. The lowest BCUT2D eigenvalue weighted by molar-refractivity contribution is -0.119. The van der Waals surface area contributed by atoms with Gasteiger partial charge in [0.25, 0.3) is 5.91 Å². The Morgan fingerprint density at radius 1 is 0.808 bits per heavy atom. The second kappa shape index (κ2) is 6.48. The lowest BCUT2D eigenvalue weighted by Gasteiger charge is -2.23. The third-order valence-electron chi connectivity index (χ3n) is 4.76. The Balaban J connectivity index is 1.67. The molecule has 0 spiro atoms. The monoisotopic (exact) mass is 342 g/mol. The molecule has 0 saturated carbocycles. The first-order valence-corrected chi connectivity index (χ1v) is 8.51. The smallest absolute Gasteiger partial charge is 0.259 e. The van der Waals surface area contributed by atoms with Gasteiger partial charge in [-0.1, -0.05) is 60.7 Å². The number of fused-ring (bicyclic) bond motifs is 1. The molecular formula is C22H18N2O2. The van der Waals surface area contributed by atoms with E-state index in [2.05, 4.69) is 0 Å². The van der Waals surface area contributed by atoms with Crippen LogP contribution in [0.5, 0.6) is 0 Å². The van der Waals surface area contributed by atoms with Gasteiger partial charge >= 0.3 is 0 Å². The normalized spacial score (nSPS) is 15.5. The lowest BCUT2D eigenvalue weighted by atomic mass is 10.0. The number of nitrogens with zero attached hydrogens (tertiary/aromatic N) is 1. The van der Waals surface area contributed by atoms with Gasteiger partial charge in [0, 0.05) is 17.7 Å². The Kier molecular flexibility index (Phi) is 4.01. The molecule has 0 aromatic heterocycles. The average molecular weight is 342 g/mol. The van der Waals surface area contributed by atoms with Crippen LogP contribution in [0.1, 0.15) is 15.9 Å². The minimum absolute atomic E-state index is 0.210. The van der Waals surface area contributed by atoms with Crippen LogP contribution in [0.4, 0.5) is 5.69 Å². The summed E-state index contributed by atoms with van der Waals surface area (Å²) in [5.41, 5.74) is 9.94. The summed E-state index contributed by atoms with van der Waals surface area (Å²) in [6.45, 7) is 0. The van der Waals surface area contributed by atoms with Crippen LogP contribution in [0, 0.1) is 0 Å². The minimum Gasteiger partial charge on any atom is -0.368 e. The van der Waals surface area contributed by atoms with E-state index in [0.29, 0.717) is 12.0 Å². The Morgan fingerprint density at radius 3 is 2.12 bits per heavy atom. The van der Waals surface area contributed by atoms with Crippen molar-refractivity contribution in [2.75, 3.05) is 4.90 Å². The summed E-state index contributed by atoms with van der Waals surface area (Å²) in [5.74, 6) is -0.700. The Morgan fingerprint density at radius 2 is 1.42 bits per heavy atom. The zero-order chi connectivity index (χ0) is 18.1. The number of nitrogens with two attached hydrogens (primary N) is 1. The Hall–Kier alpha value is -3.40. The molecule has 3 aromatic rings. The van der Waals surface area contributed by atoms with E-state index >= 15 is 0 Å². The molecule has 128 valence electrons. The maximum absolute atomic E-state index is 13.1. The van der Waals surface area contributed by atoms with E-state index in [9.17, 15) is 9.59 Å². The maximum atomic E-state index is 13.1. The molecule has 0 unspecified atom stereocenters. The third-order valence-corrected chi connectivity index (χ3v) is 4.76. The molecule has 1 aliphatic heterocycles. The van der Waals surface area contributed by atoms with Gasteiger partial charge in [0.1, 0.15) is 6.04 Å². The van der Waals surface area contributed by atoms with Gasteiger partial charge < -0.3 is 5.73 Å². The summed E-state index contributed by atoms with van der Waals surface area (Å²) in [6.07, 6.45) is 0.458. The molecular weight excluding hydrogens is 324 g/mol. The number of rotatable bonds is 3. The summed E-state index contributed by atoms with van der Waals surface area (Å²) in [6, 6.07) is 24.3. The van der Waals surface area contributed by atoms with Gasteiger partial charge in [-0.05, 0) is 34.9 Å². The SMILES string of the molecule is NC(=O)[C@H]1Cc2ccccc2N1C(=O)c1ccc(-c2ccccc2)cc1. The highest BCUT2D eigenvalue weighted by Gasteiger charge is 2.37. The highest BCUT2D eigenvalue weighted by Crippen LogP contribution is 2.33. The van der Waals surface area contributed by atoms with Gasteiger partial charge in [-0.2, -0.15) is 0 Å². The highest BCUT2D eigenvalue weighted by atomic mass is 16.2. The number of amides is 2. The van der Waals surface area contributed by atoms with E-state index in [1.54, 1.807) is 12.1 Å². The number of hydrogen-bond acceptors (Lipinski definition) is 2. The molecule has 1 heterocycles. The van der Waals surface area contributed by atoms with Crippen LogP contribution in [-0.4, -0.2) is 17.9 Å². The Labute approximate surface area is 151 Å². The van der Waals surface area contributed by atoms with Crippen LogP contribution in [0.15, 0.2) is 78.9 Å². The Bertz CT molecular complexity index is 965. The van der Waals surface area contributed by atoms with E-state index in [4.69, 9.17) is 5.73 Å². The van der Waals surface area contributed by atoms with Crippen molar-refractivity contribution < 1.29 is 9.59 Å². The van der Waals surface area contributed by atoms with Gasteiger partial charge in [-0.15, -0.1) is 0 Å². The molecule has 0 fully saturated rings. The number of para-hydroxylation sites is 1. The molecule has 4 heteroatoms. The van der Waals surface area contributed by atoms with Crippen LogP contribution in [-0.2, 0) is 11.2 Å². The predicted molar refractivity (Wildman–Crippen MR) is 102 cm³/mol. The molecule has 0 bridgehead atoms. The van der Waals surface area contributed by atoms with E-state index in [0.717, 1.165) is 22.4 Å². The van der Waals surface area contributed by atoms with Crippen molar-refractivity contribution in [3.63, 3.8) is 0 Å². The molecule has 0 radical (unpaired) electrons. The first-order chi connectivity index (χ1) is 12.6. The summed E-state index contributed by atoms with van der Waals surface area (Å²) < 4.78 is 0. The van der Waals surface area contributed by atoms with Crippen LogP contribution in [0.3, 0.4) is 0 Å². The highest BCUT2D eigenvalue weighted by molar-refractivity contribution is 6.11. The van der Waals surface area contributed by atoms with Gasteiger partial charge in [0.15, 0.2) is 0 Å². The molecule has 0 aliphatic carbocycles. The standard InChI is InChI=1S/C22H18N2O2/c23-21(25)20-14-18-8-4-5-9-19(18)24(20)22(26)17-12-10-16(11-13-17)15-6-2-1-3-7-15/h1-13,20H,14H2,(H2,23,25)/t20-/m1/s1. The molecule has 1 atom stereocenters. The van der Waals surface area contributed by atoms with Crippen LogP contribution < -0.4 is 10.6 Å². The molecule has 0 saturated heterocycles. The quantitative estimate of drug-likeness (QED) is 0.793. The summed E-state index contributed by atoms with van der Waals surface area (Å²) in [7, 11) is 0. The van der Waals surface area contributed by atoms with Gasteiger partial charge in [-0.25, -0.2) is 0 Å². The summed E-state index contributed by atoms with van der Waals surface area (Å²) in [5, 5.41) is 0. The second-order valence-corrected chi connectivity index (χ2v) is 6.37. The molecule has 2 amide bonds. The van der Waals surface area contributed by atoms with E-state index < -0.39 is 11.9 Å². The minimum atomic E-state index is -0.645. The predicted octanol–water partition coefficient (Wildman–Crippen LogP) is 3.41. The van der Waals surface area contributed by atoms with Crippen LogP contribution >= 0.6 is 0 Å². The number of primary amides is 1. The van der Waals surface area contributed by atoms with Crippen molar-refractivity contribution in [1.82, 2.24) is 0 Å². The average Bonchev–Trinajstić information content (AvgIpc) is 3.08. The molecule has 4 rings (SSSR count). The number of carbonyl (C=O) groups excluding carboxylic acids is 2. The first kappa shape index (κ1) is 16.1. The van der Waals surface area contributed by atoms with Crippen molar-refractivity contribution in [2.24, 2.45) is 5.73 Å².